The minimum Gasteiger partial charge on any atom is -0.497 e. The van der Waals surface area contributed by atoms with Gasteiger partial charge in [0.15, 0.2) is 6.61 Å². The molecule has 0 fully saturated rings. The van der Waals surface area contributed by atoms with Crippen LogP contribution in [0.1, 0.15) is 29.1 Å². The van der Waals surface area contributed by atoms with E-state index in [1.165, 1.54) is 23.3 Å². The summed E-state index contributed by atoms with van der Waals surface area (Å²) in [5.74, 6) is -1.02. The van der Waals surface area contributed by atoms with Gasteiger partial charge in [-0.3, -0.25) is 9.59 Å². The van der Waals surface area contributed by atoms with Gasteiger partial charge in [-0.1, -0.05) is 25.4 Å². The first-order valence-electron chi connectivity index (χ1n) is 9.31. The summed E-state index contributed by atoms with van der Waals surface area (Å²) in [7, 11) is 3.16. The lowest BCUT2D eigenvalue weighted by atomic mass is 10.0. The van der Waals surface area contributed by atoms with Crippen molar-refractivity contribution in [2.75, 3.05) is 20.8 Å². The Balaban J connectivity index is 1.90. The Morgan fingerprint density at radius 2 is 1.80 bits per heavy atom. The van der Waals surface area contributed by atoms with Gasteiger partial charge in [0.25, 0.3) is 11.8 Å². The van der Waals surface area contributed by atoms with Crippen LogP contribution >= 0.6 is 22.9 Å². The number of amides is 2. The molecule has 1 aromatic heterocycles. The average Bonchev–Trinajstić information content (AvgIpc) is 3.13. The third kappa shape index (κ3) is 6.74. The molecule has 7 nitrogen and oxygen atoms in total. The smallest absolute Gasteiger partial charge is 0.329 e. The van der Waals surface area contributed by atoms with Crippen LogP contribution in [0.15, 0.2) is 36.4 Å². The molecule has 0 saturated heterocycles. The van der Waals surface area contributed by atoms with Crippen molar-refractivity contribution in [2.45, 2.75) is 26.4 Å². The maximum atomic E-state index is 12.5. The first kappa shape index (κ1) is 23.7. The van der Waals surface area contributed by atoms with Crippen molar-refractivity contribution >= 4 is 40.7 Å². The summed E-state index contributed by atoms with van der Waals surface area (Å²) in [5.41, 5.74) is 0.389. The van der Waals surface area contributed by atoms with Crippen LogP contribution in [-0.4, -0.2) is 49.5 Å². The second-order valence-corrected chi connectivity index (χ2v) is 8.79. The average molecular weight is 453 g/mol. The van der Waals surface area contributed by atoms with E-state index in [2.05, 4.69) is 5.32 Å². The van der Waals surface area contributed by atoms with Gasteiger partial charge >= 0.3 is 5.97 Å². The van der Waals surface area contributed by atoms with E-state index in [9.17, 15) is 14.4 Å². The number of carbonyl (C=O) groups excluding carboxylic acids is 3. The van der Waals surface area contributed by atoms with Crippen molar-refractivity contribution in [3.8, 4) is 5.75 Å². The summed E-state index contributed by atoms with van der Waals surface area (Å²) in [6.45, 7) is 3.54. The molecule has 1 unspecified atom stereocenters. The zero-order valence-electron chi connectivity index (χ0n) is 17.3. The number of methoxy groups -OCH3 is 1. The molecule has 0 saturated carbocycles. The molecule has 2 amide bonds. The lowest BCUT2D eigenvalue weighted by Gasteiger charge is -2.22. The van der Waals surface area contributed by atoms with E-state index in [1.807, 2.05) is 6.07 Å². The topological polar surface area (TPSA) is 84.9 Å². The number of nitrogens with one attached hydrogen (secondary N) is 1. The van der Waals surface area contributed by atoms with Crippen molar-refractivity contribution in [1.29, 1.82) is 0 Å². The monoisotopic (exact) mass is 452 g/mol. The highest BCUT2D eigenvalue weighted by Gasteiger charge is 2.27. The molecule has 2 aromatic rings. The number of likely N-dealkylation sites (N-methyl/N-ethyl adjacent to an activating group) is 1. The molecule has 0 spiro atoms. The number of rotatable bonds is 9. The Bertz CT molecular complexity index is 882. The molecule has 1 heterocycles. The van der Waals surface area contributed by atoms with E-state index in [0.29, 0.717) is 22.2 Å². The van der Waals surface area contributed by atoms with E-state index >= 15 is 0 Å². The van der Waals surface area contributed by atoms with E-state index < -0.39 is 24.5 Å². The summed E-state index contributed by atoms with van der Waals surface area (Å²) in [6, 6.07) is 9.25. The van der Waals surface area contributed by atoms with Gasteiger partial charge in [-0.25, -0.2) is 4.79 Å². The number of ether oxygens (including phenoxy) is 2. The molecule has 30 heavy (non-hydrogen) atoms. The number of esters is 1. The lowest BCUT2D eigenvalue weighted by Crippen LogP contribution is -2.46. The van der Waals surface area contributed by atoms with Crippen LogP contribution in [0.25, 0.3) is 0 Å². The summed E-state index contributed by atoms with van der Waals surface area (Å²) >= 11 is 7.28. The molecule has 162 valence electrons. The second-order valence-electron chi connectivity index (χ2n) is 6.99. The fourth-order valence-corrected chi connectivity index (χ4v) is 3.70. The number of hydrogen-bond donors (Lipinski definition) is 1. The first-order valence-corrected chi connectivity index (χ1v) is 10.5. The molecular weight excluding hydrogens is 428 g/mol. The first-order chi connectivity index (χ1) is 14.2. The quantitative estimate of drug-likeness (QED) is 0.589. The molecule has 1 atom stereocenters. The Kier molecular flexibility index (Phi) is 8.68. The van der Waals surface area contributed by atoms with E-state index in [1.54, 1.807) is 51.2 Å². The lowest BCUT2D eigenvalue weighted by molar-refractivity contribution is -0.154. The normalized spacial score (nSPS) is 11.7. The minimum absolute atomic E-state index is 0.221. The van der Waals surface area contributed by atoms with Gasteiger partial charge in [-0.2, -0.15) is 0 Å². The van der Waals surface area contributed by atoms with Crippen molar-refractivity contribution in [2.24, 2.45) is 5.92 Å². The molecule has 0 radical (unpaired) electrons. The fraction of sp³-hybridized carbons (Fsp3) is 0.381. The molecule has 0 bridgehead atoms. The van der Waals surface area contributed by atoms with E-state index in [-0.39, 0.29) is 11.8 Å². The molecule has 9 heteroatoms. The van der Waals surface area contributed by atoms with E-state index in [4.69, 9.17) is 21.1 Å². The van der Waals surface area contributed by atoms with Crippen molar-refractivity contribution in [3.63, 3.8) is 0 Å². The standard InChI is InChI=1S/C21H25ClN2O5S/c1-13(2)19(23-20(26)14-5-7-15(28-4)8-6-14)21(27)29-12-18(25)24(3)11-16-9-10-17(22)30-16/h5-10,13,19H,11-12H2,1-4H3,(H,23,26). The Morgan fingerprint density at radius 3 is 2.33 bits per heavy atom. The molecule has 0 aliphatic heterocycles. The van der Waals surface area contributed by atoms with Gasteiger partial charge in [-0.05, 0) is 42.3 Å². The van der Waals surface area contributed by atoms with Crippen LogP contribution in [0, 0.1) is 5.92 Å². The number of hydrogen-bond acceptors (Lipinski definition) is 6. The predicted octanol–water partition coefficient (Wildman–Crippen LogP) is 3.37. The van der Waals surface area contributed by atoms with Gasteiger partial charge in [0, 0.05) is 17.5 Å². The van der Waals surface area contributed by atoms with Crippen LogP contribution in [0.5, 0.6) is 5.75 Å². The number of thiophene rings is 1. The highest BCUT2D eigenvalue weighted by atomic mass is 35.5. The van der Waals surface area contributed by atoms with Crippen LogP contribution < -0.4 is 10.1 Å². The van der Waals surface area contributed by atoms with Crippen LogP contribution in [0.4, 0.5) is 0 Å². The molecule has 1 aromatic carbocycles. The highest BCUT2D eigenvalue weighted by molar-refractivity contribution is 7.16. The van der Waals surface area contributed by atoms with Crippen LogP contribution in [0.3, 0.4) is 0 Å². The van der Waals surface area contributed by atoms with Gasteiger partial charge < -0.3 is 19.7 Å². The zero-order valence-corrected chi connectivity index (χ0v) is 18.9. The molecule has 0 aliphatic carbocycles. The SMILES string of the molecule is COc1ccc(C(=O)NC(C(=O)OCC(=O)N(C)Cc2ccc(Cl)s2)C(C)C)cc1. The number of benzene rings is 1. The fourth-order valence-electron chi connectivity index (χ4n) is 2.56. The summed E-state index contributed by atoms with van der Waals surface area (Å²) in [5, 5.41) is 2.67. The van der Waals surface area contributed by atoms with Gasteiger partial charge in [0.05, 0.1) is 18.0 Å². The largest absolute Gasteiger partial charge is 0.497 e. The van der Waals surface area contributed by atoms with Gasteiger partial charge in [0.1, 0.15) is 11.8 Å². The van der Waals surface area contributed by atoms with E-state index in [0.717, 1.165) is 4.88 Å². The third-order valence-corrected chi connectivity index (χ3v) is 5.56. The molecule has 2 rings (SSSR count). The number of nitrogens with zero attached hydrogens (tertiary/aromatic N) is 1. The maximum absolute atomic E-state index is 12.5. The summed E-state index contributed by atoms with van der Waals surface area (Å²) in [4.78, 5) is 39.6. The van der Waals surface area contributed by atoms with Crippen molar-refractivity contribution in [3.05, 3.63) is 51.2 Å². The highest BCUT2D eigenvalue weighted by Crippen LogP contribution is 2.22. The second kappa shape index (κ2) is 11.0. The van der Waals surface area contributed by atoms with Gasteiger partial charge in [0.2, 0.25) is 0 Å². The van der Waals surface area contributed by atoms with Gasteiger partial charge in [-0.15, -0.1) is 11.3 Å². The Hall–Kier alpha value is -2.58. The molecule has 1 N–H and O–H groups in total. The van der Waals surface area contributed by atoms with Crippen molar-refractivity contribution in [1.82, 2.24) is 10.2 Å². The van der Waals surface area contributed by atoms with Crippen LogP contribution in [0.2, 0.25) is 4.34 Å². The predicted molar refractivity (Wildman–Crippen MR) is 116 cm³/mol. The summed E-state index contributed by atoms with van der Waals surface area (Å²) < 4.78 is 10.9. The van der Waals surface area contributed by atoms with Crippen molar-refractivity contribution < 1.29 is 23.9 Å². The van der Waals surface area contributed by atoms with Crippen LogP contribution in [-0.2, 0) is 20.9 Å². The number of halogens is 1. The molecule has 0 aliphatic rings. The maximum Gasteiger partial charge on any atom is 0.329 e. The minimum atomic E-state index is -0.881. The summed E-state index contributed by atoms with van der Waals surface area (Å²) in [6.07, 6.45) is 0. The Morgan fingerprint density at radius 1 is 1.13 bits per heavy atom. The third-order valence-electron chi connectivity index (χ3n) is 4.34. The number of carbonyl (C=O) groups is 3. The molecular formula is C21H25ClN2O5S. The zero-order chi connectivity index (χ0) is 22.3. The Labute approximate surface area is 184 Å².